The largest absolute Gasteiger partial charge is 0.243 e. The summed E-state index contributed by atoms with van der Waals surface area (Å²) in [5.41, 5.74) is 2.55. The van der Waals surface area contributed by atoms with Gasteiger partial charge in [0.05, 0.1) is 4.90 Å². The van der Waals surface area contributed by atoms with E-state index < -0.39 is 10.0 Å². The van der Waals surface area contributed by atoms with Gasteiger partial charge < -0.3 is 0 Å². The van der Waals surface area contributed by atoms with Gasteiger partial charge in [0, 0.05) is 13.1 Å². The molecule has 0 saturated heterocycles. The van der Waals surface area contributed by atoms with E-state index in [-0.39, 0.29) is 6.04 Å². The summed E-state index contributed by atoms with van der Waals surface area (Å²) < 4.78 is 27.4. The molecular formula is C17H25NO2S. The lowest BCUT2D eigenvalue weighted by atomic mass is 9.86. The third-order valence-electron chi connectivity index (χ3n) is 5.28. The van der Waals surface area contributed by atoms with Crippen LogP contribution in [-0.4, -0.2) is 25.8 Å². The Bertz CT molecular complexity index is 624. The zero-order valence-electron chi connectivity index (χ0n) is 13.0. The highest BCUT2D eigenvalue weighted by molar-refractivity contribution is 7.89. The second-order valence-corrected chi connectivity index (χ2v) is 8.63. The highest BCUT2D eigenvalue weighted by Crippen LogP contribution is 2.32. The van der Waals surface area contributed by atoms with Gasteiger partial charge in [-0.05, 0) is 61.3 Å². The maximum atomic E-state index is 12.9. The molecule has 2 aliphatic rings. The predicted molar refractivity (Wildman–Crippen MR) is 84.8 cm³/mol. The SMILES string of the molecule is C[C@@H]1CCCC[C@H]1N(C)S(=O)(=O)c1ccc2c(c1)CCC2. The fourth-order valence-corrected chi connectivity index (χ4v) is 5.42. The minimum absolute atomic E-state index is 0.150. The lowest BCUT2D eigenvalue weighted by Crippen LogP contribution is -2.42. The molecule has 0 amide bonds. The Balaban J connectivity index is 1.89. The van der Waals surface area contributed by atoms with Crippen LogP contribution in [0.3, 0.4) is 0 Å². The third kappa shape index (κ3) is 2.76. The number of sulfonamides is 1. The Morgan fingerprint density at radius 3 is 2.52 bits per heavy atom. The Labute approximate surface area is 128 Å². The van der Waals surface area contributed by atoms with Gasteiger partial charge in [0.15, 0.2) is 0 Å². The van der Waals surface area contributed by atoms with Crippen molar-refractivity contribution in [2.24, 2.45) is 5.92 Å². The van der Waals surface area contributed by atoms with Gasteiger partial charge in [0.2, 0.25) is 10.0 Å². The van der Waals surface area contributed by atoms with Crippen molar-refractivity contribution < 1.29 is 8.42 Å². The molecule has 1 saturated carbocycles. The fourth-order valence-electron chi connectivity index (χ4n) is 3.89. The van der Waals surface area contributed by atoms with E-state index in [1.807, 2.05) is 12.1 Å². The molecule has 21 heavy (non-hydrogen) atoms. The minimum Gasteiger partial charge on any atom is -0.207 e. The molecule has 2 aliphatic carbocycles. The first-order chi connectivity index (χ1) is 10.00. The van der Waals surface area contributed by atoms with Gasteiger partial charge in [-0.3, -0.25) is 0 Å². The predicted octanol–water partition coefficient (Wildman–Crippen LogP) is 3.37. The molecule has 0 N–H and O–H groups in total. The number of nitrogens with zero attached hydrogens (tertiary/aromatic N) is 1. The van der Waals surface area contributed by atoms with Crippen LogP contribution < -0.4 is 0 Å². The molecule has 1 aromatic rings. The molecule has 0 bridgehead atoms. The number of hydrogen-bond donors (Lipinski definition) is 0. The molecule has 1 aromatic carbocycles. The van der Waals surface area contributed by atoms with E-state index in [2.05, 4.69) is 6.92 Å². The van der Waals surface area contributed by atoms with Crippen molar-refractivity contribution >= 4 is 10.0 Å². The molecule has 0 aliphatic heterocycles. The Morgan fingerprint density at radius 1 is 1.05 bits per heavy atom. The van der Waals surface area contributed by atoms with Crippen molar-refractivity contribution in [3.63, 3.8) is 0 Å². The van der Waals surface area contributed by atoms with Crippen molar-refractivity contribution in [1.82, 2.24) is 4.31 Å². The van der Waals surface area contributed by atoms with Gasteiger partial charge in [-0.2, -0.15) is 4.31 Å². The molecule has 3 nitrogen and oxygen atoms in total. The van der Waals surface area contributed by atoms with Crippen LogP contribution in [0.25, 0.3) is 0 Å². The lowest BCUT2D eigenvalue weighted by Gasteiger charge is -2.35. The fraction of sp³-hybridized carbons (Fsp3) is 0.647. The maximum Gasteiger partial charge on any atom is 0.243 e. The monoisotopic (exact) mass is 307 g/mol. The first-order valence-electron chi connectivity index (χ1n) is 8.10. The number of fused-ring (bicyclic) bond motifs is 1. The van der Waals surface area contributed by atoms with Gasteiger partial charge in [-0.15, -0.1) is 0 Å². The second-order valence-electron chi connectivity index (χ2n) is 6.63. The zero-order valence-corrected chi connectivity index (χ0v) is 13.8. The van der Waals surface area contributed by atoms with E-state index in [1.54, 1.807) is 17.4 Å². The number of rotatable bonds is 3. The molecule has 0 radical (unpaired) electrons. The average molecular weight is 307 g/mol. The minimum atomic E-state index is -3.36. The molecule has 4 heteroatoms. The summed E-state index contributed by atoms with van der Waals surface area (Å²) in [7, 11) is -1.60. The van der Waals surface area contributed by atoms with Gasteiger partial charge in [0.1, 0.15) is 0 Å². The van der Waals surface area contributed by atoms with Crippen LogP contribution in [-0.2, 0) is 22.9 Å². The van der Waals surface area contributed by atoms with E-state index in [9.17, 15) is 8.42 Å². The first-order valence-corrected chi connectivity index (χ1v) is 9.54. The normalized spacial score (nSPS) is 26.0. The summed E-state index contributed by atoms with van der Waals surface area (Å²) >= 11 is 0. The van der Waals surface area contributed by atoms with Crippen LogP contribution in [0.15, 0.2) is 23.1 Å². The smallest absolute Gasteiger partial charge is 0.207 e. The van der Waals surface area contributed by atoms with E-state index in [1.165, 1.54) is 17.5 Å². The van der Waals surface area contributed by atoms with E-state index in [0.717, 1.165) is 38.5 Å². The first kappa shape index (κ1) is 15.0. The molecular weight excluding hydrogens is 282 g/mol. The van der Waals surface area contributed by atoms with E-state index in [0.29, 0.717) is 10.8 Å². The number of aryl methyl sites for hydroxylation is 2. The lowest BCUT2D eigenvalue weighted by molar-refractivity contribution is 0.213. The van der Waals surface area contributed by atoms with Crippen LogP contribution in [0.1, 0.15) is 50.2 Å². The van der Waals surface area contributed by atoms with Crippen LogP contribution >= 0.6 is 0 Å². The van der Waals surface area contributed by atoms with Crippen LogP contribution in [0.5, 0.6) is 0 Å². The van der Waals surface area contributed by atoms with Crippen LogP contribution in [0, 0.1) is 5.92 Å². The van der Waals surface area contributed by atoms with Gasteiger partial charge in [-0.25, -0.2) is 8.42 Å². The van der Waals surface area contributed by atoms with Crippen molar-refractivity contribution in [2.45, 2.75) is 62.8 Å². The second kappa shape index (κ2) is 5.73. The Morgan fingerprint density at radius 2 is 1.76 bits per heavy atom. The Kier molecular flexibility index (Phi) is 4.10. The zero-order chi connectivity index (χ0) is 15.0. The summed E-state index contributed by atoms with van der Waals surface area (Å²) in [4.78, 5) is 0.475. The topological polar surface area (TPSA) is 37.4 Å². The summed E-state index contributed by atoms with van der Waals surface area (Å²) in [5, 5.41) is 0. The summed E-state index contributed by atoms with van der Waals surface area (Å²) in [6.07, 6.45) is 7.74. The molecule has 0 unspecified atom stereocenters. The van der Waals surface area contributed by atoms with Gasteiger partial charge in [-0.1, -0.05) is 25.8 Å². The van der Waals surface area contributed by atoms with E-state index in [4.69, 9.17) is 0 Å². The molecule has 0 spiro atoms. The van der Waals surface area contributed by atoms with Crippen molar-refractivity contribution in [3.05, 3.63) is 29.3 Å². The summed E-state index contributed by atoms with van der Waals surface area (Å²) in [6.45, 7) is 2.18. The summed E-state index contributed by atoms with van der Waals surface area (Å²) in [6, 6.07) is 5.86. The molecule has 116 valence electrons. The maximum absolute atomic E-state index is 12.9. The van der Waals surface area contributed by atoms with Crippen molar-refractivity contribution in [3.8, 4) is 0 Å². The Hall–Kier alpha value is -0.870. The molecule has 2 atom stereocenters. The highest BCUT2D eigenvalue weighted by Gasteiger charge is 2.33. The van der Waals surface area contributed by atoms with Crippen molar-refractivity contribution in [1.29, 1.82) is 0 Å². The van der Waals surface area contributed by atoms with Gasteiger partial charge >= 0.3 is 0 Å². The van der Waals surface area contributed by atoms with Gasteiger partial charge in [0.25, 0.3) is 0 Å². The number of hydrogen-bond acceptors (Lipinski definition) is 2. The average Bonchev–Trinajstić information content (AvgIpc) is 2.94. The standard InChI is InChI=1S/C17H25NO2S/c1-13-6-3-4-9-17(13)18(2)21(19,20)16-11-10-14-7-5-8-15(14)12-16/h10-13,17H,3-9H2,1-2H3/t13-,17-/m1/s1. The molecule has 0 aromatic heterocycles. The number of benzene rings is 1. The van der Waals surface area contributed by atoms with Crippen LogP contribution in [0.4, 0.5) is 0 Å². The molecule has 3 rings (SSSR count). The highest BCUT2D eigenvalue weighted by atomic mass is 32.2. The van der Waals surface area contributed by atoms with E-state index >= 15 is 0 Å². The molecule has 1 fully saturated rings. The third-order valence-corrected chi connectivity index (χ3v) is 7.16. The van der Waals surface area contributed by atoms with Crippen molar-refractivity contribution in [2.75, 3.05) is 7.05 Å². The quantitative estimate of drug-likeness (QED) is 0.858. The molecule has 0 heterocycles. The van der Waals surface area contributed by atoms with Crippen LogP contribution in [0.2, 0.25) is 0 Å². The summed E-state index contributed by atoms with van der Waals surface area (Å²) in [5.74, 6) is 0.452.